The van der Waals surface area contributed by atoms with E-state index >= 15 is 0 Å². The summed E-state index contributed by atoms with van der Waals surface area (Å²) in [7, 11) is 0. The van der Waals surface area contributed by atoms with E-state index in [4.69, 9.17) is 9.92 Å². The van der Waals surface area contributed by atoms with Crippen molar-refractivity contribution in [1.82, 2.24) is 5.43 Å². The van der Waals surface area contributed by atoms with Gasteiger partial charge in [0.25, 0.3) is 0 Å². The van der Waals surface area contributed by atoms with Crippen LogP contribution in [0.1, 0.15) is 11.1 Å². The molecule has 2 aromatic rings. The molecule has 0 spiro atoms. The molecule has 0 heterocycles. The van der Waals surface area contributed by atoms with Crippen molar-refractivity contribution in [1.29, 1.82) is 0 Å². The number of benzene rings is 2. The number of rotatable bonds is 5. The van der Waals surface area contributed by atoms with E-state index < -0.39 is 6.03 Å². The molecule has 0 fully saturated rings. The fraction of sp³-hybridized carbons (Fsp3) is 0.0667. The summed E-state index contributed by atoms with van der Waals surface area (Å²) in [5.41, 5.74) is 9.68. The molecule has 0 aliphatic rings. The first-order valence-electron chi connectivity index (χ1n) is 6.30. The average Bonchev–Trinajstić information content (AvgIpc) is 2.51. The lowest BCUT2D eigenvalue weighted by Gasteiger charge is -2.08. The summed E-state index contributed by atoms with van der Waals surface area (Å²) in [5, 5.41) is 4.10. The molecule has 0 saturated heterocycles. The van der Waals surface area contributed by atoms with Gasteiger partial charge < -0.3 is 9.92 Å². The number of amides is 2. The first kappa shape index (κ1) is 16.4. The third-order valence-corrected chi connectivity index (χ3v) is 3.59. The van der Waals surface area contributed by atoms with Crippen LogP contribution in [0.3, 0.4) is 0 Å². The van der Waals surface area contributed by atoms with Crippen molar-refractivity contribution < 1.29 is 8.98 Å². The zero-order valence-electron chi connectivity index (χ0n) is 11.7. The highest BCUT2D eigenvalue weighted by Crippen LogP contribution is 2.19. The Morgan fingerprint density at radius 2 is 1.68 bits per heavy atom. The van der Waals surface area contributed by atoms with E-state index in [0.29, 0.717) is 5.71 Å². The van der Waals surface area contributed by atoms with Crippen LogP contribution in [0.4, 0.5) is 4.79 Å². The van der Waals surface area contributed by atoms with E-state index in [9.17, 15) is 4.79 Å². The molecule has 2 rings (SSSR count). The molecule has 2 aromatic carbocycles. The third-order valence-electron chi connectivity index (χ3n) is 2.70. The van der Waals surface area contributed by atoms with Crippen LogP contribution in [0.15, 0.2) is 58.1 Å². The second kappa shape index (κ2) is 7.86. The van der Waals surface area contributed by atoms with Gasteiger partial charge in [-0.2, -0.15) is 5.10 Å². The number of hydrogen-bond donors (Lipinski definition) is 2. The SMILES string of the molecule is CSOc1ccc(C(=NNC(N)=O)c2ccc(Br)cc2)cc1. The third kappa shape index (κ3) is 4.51. The van der Waals surface area contributed by atoms with Gasteiger partial charge in [0.1, 0.15) is 5.75 Å². The minimum atomic E-state index is -0.711. The van der Waals surface area contributed by atoms with Crippen molar-refractivity contribution in [3.8, 4) is 5.75 Å². The van der Waals surface area contributed by atoms with Crippen molar-refractivity contribution in [2.24, 2.45) is 10.8 Å². The van der Waals surface area contributed by atoms with Crippen molar-refractivity contribution in [2.45, 2.75) is 0 Å². The van der Waals surface area contributed by atoms with Crippen molar-refractivity contribution in [3.63, 3.8) is 0 Å². The number of nitrogens with two attached hydrogens (primary N) is 1. The van der Waals surface area contributed by atoms with Crippen LogP contribution < -0.4 is 15.3 Å². The lowest BCUT2D eigenvalue weighted by Crippen LogP contribution is -2.26. The standard InChI is InChI=1S/C15H14BrN3O2S/c1-22-21-13-8-4-11(5-9-13)14(18-19-15(17)20)10-2-6-12(16)7-3-10/h2-9H,1H3,(H3,17,19,20). The second-order valence-electron chi connectivity index (χ2n) is 4.22. The molecule has 114 valence electrons. The monoisotopic (exact) mass is 379 g/mol. The van der Waals surface area contributed by atoms with Crippen molar-refractivity contribution in [3.05, 3.63) is 64.1 Å². The van der Waals surface area contributed by atoms with Crippen LogP contribution in [-0.2, 0) is 0 Å². The smallest absolute Gasteiger partial charge is 0.332 e. The summed E-state index contributed by atoms with van der Waals surface area (Å²) in [6.45, 7) is 0. The molecular weight excluding hydrogens is 366 g/mol. The molecule has 0 aromatic heterocycles. The van der Waals surface area contributed by atoms with Crippen LogP contribution in [0.5, 0.6) is 5.75 Å². The first-order chi connectivity index (χ1) is 10.6. The lowest BCUT2D eigenvalue weighted by atomic mass is 10.0. The summed E-state index contributed by atoms with van der Waals surface area (Å²) in [6, 6.07) is 14.3. The van der Waals surface area contributed by atoms with E-state index in [1.165, 1.54) is 12.0 Å². The van der Waals surface area contributed by atoms with E-state index in [2.05, 4.69) is 26.5 Å². The number of halogens is 1. The molecule has 2 amide bonds. The second-order valence-corrected chi connectivity index (χ2v) is 5.63. The fourth-order valence-corrected chi connectivity index (χ4v) is 2.35. The normalized spacial score (nSPS) is 11.1. The molecule has 0 aliphatic carbocycles. The minimum absolute atomic E-state index is 0.613. The Bertz CT molecular complexity index is 672. The Hall–Kier alpha value is -1.99. The summed E-state index contributed by atoms with van der Waals surface area (Å²) in [4.78, 5) is 10.9. The maximum Gasteiger partial charge on any atom is 0.332 e. The van der Waals surface area contributed by atoms with Gasteiger partial charge in [0.2, 0.25) is 0 Å². The maximum absolute atomic E-state index is 10.9. The van der Waals surface area contributed by atoms with Gasteiger partial charge in [-0.25, -0.2) is 10.2 Å². The number of hydrazone groups is 1. The number of nitrogens with zero attached hydrogens (tertiary/aromatic N) is 1. The van der Waals surface area contributed by atoms with Gasteiger partial charge in [-0.15, -0.1) is 0 Å². The zero-order chi connectivity index (χ0) is 15.9. The van der Waals surface area contributed by atoms with Gasteiger partial charge in [0.05, 0.1) is 17.8 Å². The van der Waals surface area contributed by atoms with Crippen LogP contribution in [0, 0.1) is 0 Å². The summed E-state index contributed by atoms with van der Waals surface area (Å²) < 4.78 is 6.30. The van der Waals surface area contributed by atoms with Crippen LogP contribution >= 0.6 is 28.0 Å². The quantitative estimate of drug-likeness (QED) is 0.473. The molecule has 0 unspecified atom stereocenters. The number of carbonyl (C=O) groups is 1. The summed E-state index contributed by atoms with van der Waals surface area (Å²) in [6.07, 6.45) is 1.85. The van der Waals surface area contributed by atoms with Crippen LogP contribution in [0.2, 0.25) is 0 Å². The lowest BCUT2D eigenvalue weighted by molar-refractivity contribution is 0.249. The van der Waals surface area contributed by atoms with Gasteiger partial charge in [-0.3, -0.25) is 0 Å². The molecule has 0 bridgehead atoms. The van der Waals surface area contributed by atoms with Crippen molar-refractivity contribution in [2.75, 3.05) is 6.26 Å². The Morgan fingerprint density at radius 3 is 2.18 bits per heavy atom. The first-order valence-corrected chi connectivity index (χ1v) is 8.24. The molecular formula is C15H14BrN3O2S. The minimum Gasteiger partial charge on any atom is -0.426 e. The zero-order valence-corrected chi connectivity index (χ0v) is 14.1. The van der Waals surface area contributed by atoms with Crippen molar-refractivity contribution >= 4 is 39.7 Å². The van der Waals surface area contributed by atoms with E-state index in [-0.39, 0.29) is 0 Å². The van der Waals surface area contributed by atoms with Gasteiger partial charge in [0.15, 0.2) is 0 Å². The number of hydrogen-bond acceptors (Lipinski definition) is 4. The van der Waals surface area contributed by atoms with Gasteiger partial charge >= 0.3 is 6.03 Å². The van der Waals surface area contributed by atoms with E-state index in [1.807, 2.05) is 54.8 Å². The number of urea groups is 1. The molecule has 0 radical (unpaired) electrons. The summed E-state index contributed by atoms with van der Waals surface area (Å²) >= 11 is 4.66. The Morgan fingerprint density at radius 1 is 1.14 bits per heavy atom. The van der Waals surface area contributed by atoms with Crippen LogP contribution in [0.25, 0.3) is 0 Å². The Kier molecular flexibility index (Phi) is 5.85. The molecule has 7 heteroatoms. The highest BCUT2D eigenvalue weighted by Gasteiger charge is 2.08. The fourth-order valence-electron chi connectivity index (χ4n) is 1.78. The van der Waals surface area contributed by atoms with E-state index in [1.54, 1.807) is 0 Å². The Labute approximate surface area is 141 Å². The molecule has 3 N–H and O–H groups in total. The van der Waals surface area contributed by atoms with Gasteiger partial charge in [-0.05, 0) is 36.4 Å². The maximum atomic E-state index is 10.9. The molecule has 5 nitrogen and oxygen atoms in total. The van der Waals surface area contributed by atoms with E-state index in [0.717, 1.165) is 21.3 Å². The van der Waals surface area contributed by atoms with Crippen LogP contribution in [-0.4, -0.2) is 18.0 Å². The largest absolute Gasteiger partial charge is 0.426 e. The van der Waals surface area contributed by atoms with Gasteiger partial charge in [-0.1, -0.05) is 28.1 Å². The molecule has 0 saturated carbocycles. The van der Waals surface area contributed by atoms with Gasteiger partial charge in [0, 0.05) is 21.9 Å². The predicted octanol–water partition coefficient (Wildman–Crippen LogP) is 3.53. The predicted molar refractivity (Wildman–Crippen MR) is 93.1 cm³/mol. The highest BCUT2D eigenvalue weighted by molar-refractivity contribution is 9.10. The summed E-state index contributed by atoms with van der Waals surface area (Å²) in [5.74, 6) is 0.745. The Balaban J connectivity index is 2.37. The topological polar surface area (TPSA) is 76.7 Å². The molecule has 22 heavy (non-hydrogen) atoms. The number of primary amides is 1. The number of nitrogens with one attached hydrogen (secondary N) is 1. The average molecular weight is 380 g/mol. The number of carbonyl (C=O) groups excluding carboxylic acids is 1. The molecule has 0 atom stereocenters. The highest BCUT2D eigenvalue weighted by atomic mass is 79.9. The molecule has 0 aliphatic heterocycles.